The number of para-hydroxylation sites is 1. The van der Waals surface area contributed by atoms with Crippen LogP contribution in [0.2, 0.25) is 0 Å². The highest BCUT2D eigenvalue weighted by Crippen LogP contribution is 2.39. The summed E-state index contributed by atoms with van der Waals surface area (Å²) in [6.07, 6.45) is 8.39. The Hall–Kier alpha value is -1.55. The molecule has 1 heterocycles. The Kier molecular flexibility index (Phi) is 5.55. The van der Waals surface area contributed by atoms with Crippen molar-refractivity contribution in [2.45, 2.75) is 63.0 Å². The van der Waals surface area contributed by atoms with E-state index in [1.165, 1.54) is 19.3 Å². The number of benzene rings is 1. The van der Waals surface area contributed by atoms with Crippen molar-refractivity contribution in [3.8, 4) is 5.75 Å². The summed E-state index contributed by atoms with van der Waals surface area (Å²) in [5.74, 6) is 0.972. The maximum absolute atomic E-state index is 12.1. The number of hydrogen-bond donors (Lipinski definition) is 1. The first-order chi connectivity index (χ1) is 11.3. The monoisotopic (exact) mass is 317 g/mol. The highest BCUT2D eigenvalue weighted by Gasteiger charge is 2.41. The zero-order valence-corrected chi connectivity index (χ0v) is 13.8. The van der Waals surface area contributed by atoms with Gasteiger partial charge in [0.2, 0.25) is 5.91 Å². The lowest BCUT2D eigenvalue weighted by Gasteiger charge is -2.32. The zero-order valence-electron chi connectivity index (χ0n) is 13.8. The molecule has 0 radical (unpaired) electrons. The highest BCUT2D eigenvalue weighted by molar-refractivity contribution is 5.76. The first kappa shape index (κ1) is 16.3. The van der Waals surface area contributed by atoms with Gasteiger partial charge in [-0.3, -0.25) is 4.79 Å². The summed E-state index contributed by atoms with van der Waals surface area (Å²) >= 11 is 0. The molecule has 1 saturated carbocycles. The van der Waals surface area contributed by atoms with E-state index in [0.717, 1.165) is 31.4 Å². The van der Waals surface area contributed by atoms with Gasteiger partial charge in [-0.1, -0.05) is 37.5 Å². The normalized spacial score (nSPS) is 22.9. The maximum atomic E-state index is 12.1. The molecular formula is C19H27NO3. The molecule has 0 aromatic heterocycles. The van der Waals surface area contributed by atoms with Crippen LogP contribution in [0.1, 0.15) is 51.4 Å². The Morgan fingerprint density at radius 3 is 2.78 bits per heavy atom. The van der Waals surface area contributed by atoms with Crippen molar-refractivity contribution in [1.29, 1.82) is 0 Å². The Bertz CT molecular complexity index is 497. The average molecular weight is 317 g/mol. The fraction of sp³-hybridized carbons (Fsp3) is 0.632. The molecule has 4 heteroatoms. The van der Waals surface area contributed by atoms with E-state index in [4.69, 9.17) is 9.47 Å². The van der Waals surface area contributed by atoms with Crippen LogP contribution in [-0.4, -0.2) is 30.8 Å². The van der Waals surface area contributed by atoms with Gasteiger partial charge in [0.05, 0.1) is 24.9 Å². The van der Waals surface area contributed by atoms with Crippen molar-refractivity contribution in [1.82, 2.24) is 5.32 Å². The van der Waals surface area contributed by atoms with Crippen LogP contribution in [0.4, 0.5) is 0 Å². The Balaban J connectivity index is 1.32. The predicted octanol–water partition coefficient (Wildman–Crippen LogP) is 3.45. The number of ether oxygens (including phenoxy) is 2. The van der Waals surface area contributed by atoms with Gasteiger partial charge in [0.15, 0.2) is 0 Å². The van der Waals surface area contributed by atoms with Gasteiger partial charge in [-0.15, -0.1) is 0 Å². The SMILES string of the molecule is O=C(CCCOc1ccccc1)N[C@@H]1COC2(CCCCC2)C1. The molecule has 1 atom stereocenters. The second-order valence-electron chi connectivity index (χ2n) is 6.79. The minimum absolute atomic E-state index is 0.0621. The largest absolute Gasteiger partial charge is 0.494 e. The number of amides is 1. The summed E-state index contributed by atoms with van der Waals surface area (Å²) in [7, 11) is 0. The molecule has 1 N–H and O–H groups in total. The van der Waals surface area contributed by atoms with Gasteiger partial charge in [0.25, 0.3) is 0 Å². The molecule has 1 aromatic rings. The molecule has 126 valence electrons. The highest BCUT2D eigenvalue weighted by atomic mass is 16.5. The maximum Gasteiger partial charge on any atom is 0.220 e. The third-order valence-electron chi connectivity index (χ3n) is 4.90. The van der Waals surface area contributed by atoms with E-state index >= 15 is 0 Å². The van der Waals surface area contributed by atoms with Crippen molar-refractivity contribution in [2.24, 2.45) is 0 Å². The van der Waals surface area contributed by atoms with Crippen LogP contribution in [-0.2, 0) is 9.53 Å². The molecule has 2 fully saturated rings. The number of nitrogens with one attached hydrogen (secondary N) is 1. The number of carbonyl (C=O) groups excluding carboxylic acids is 1. The third kappa shape index (κ3) is 4.71. The molecule has 4 nitrogen and oxygen atoms in total. The van der Waals surface area contributed by atoms with Crippen LogP contribution in [0.5, 0.6) is 5.75 Å². The van der Waals surface area contributed by atoms with E-state index in [1.807, 2.05) is 30.3 Å². The second-order valence-corrected chi connectivity index (χ2v) is 6.79. The topological polar surface area (TPSA) is 47.6 Å². The first-order valence-corrected chi connectivity index (χ1v) is 8.87. The van der Waals surface area contributed by atoms with E-state index < -0.39 is 0 Å². The van der Waals surface area contributed by atoms with Crippen LogP contribution < -0.4 is 10.1 Å². The van der Waals surface area contributed by atoms with E-state index in [2.05, 4.69) is 5.32 Å². The molecule has 1 aliphatic carbocycles. The number of rotatable bonds is 6. The van der Waals surface area contributed by atoms with Crippen LogP contribution in [0.15, 0.2) is 30.3 Å². The summed E-state index contributed by atoms with van der Waals surface area (Å²) in [6, 6.07) is 9.91. The molecule has 0 bridgehead atoms. The summed E-state index contributed by atoms with van der Waals surface area (Å²) in [4.78, 5) is 12.1. The molecule has 3 rings (SSSR count). The molecule has 1 spiro atoms. The summed E-state index contributed by atoms with van der Waals surface area (Å²) in [5, 5.41) is 3.13. The fourth-order valence-corrected chi connectivity index (χ4v) is 3.72. The summed E-state index contributed by atoms with van der Waals surface area (Å²) in [5.41, 5.74) is 0.0621. The molecule has 1 saturated heterocycles. The minimum Gasteiger partial charge on any atom is -0.494 e. The molecule has 1 aliphatic heterocycles. The molecule has 1 amide bonds. The first-order valence-electron chi connectivity index (χ1n) is 8.87. The van der Waals surface area contributed by atoms with Gasteiger partial charge < -0.3 is 14.8 Å². The van der Waals surface area contributed by atoms with Gasteiger partial charge in [-0.05, 0) is 37.8 Å². The van der Waals surface area contributed by atoms with Crippen molar-refractivity contribution < 1.29 is 14.3 Å². The van der Waals surface area contributed by atoms with Gasteiger partial charge in [0.1, 0.15) is 5.75 Å². The second kappa shape index (κ2) is 7.82. The smallest absolute Gasteiger partial charge is 0.220 e. The Morgan fingerprint density at radius 1 is 1.22 bits per heavy atom. The van der Waals surface area contributed by atoms with Crippen LogP contribution in [0, 0.1) is 0 Å². The fourth-order valence-electron chi connectivity index (χ4n) is 3.72. The average Bonchev–Trinajstić information content (AvgIpc) is 2.95. The molecule has 1 aromatic carbocycles. The van der Waals surface area contributed by atoms with Gasteiger partial charge in [-0.2, -0.15) is 0 Å². The summed E-state index contributed by atoms with van der Waals surface area (Å²) in [6.45, 7) is 1.24. The van der Waals surface area contributed by atoms with E-state index in [0.29, 0.717) is 19.6 Å². The lowest BCUT2D eigenvalue weighted by Crippen LogP contribution is -2.37. The van der Waals surface area contributed by atoms with E-state index in [9.17, 15) is 4.79 Å². The molecule has 0 unspecified atom stereocenters. The lowest BCUT2D eigenvalue weighted by molar-refractivity contribution is -0.122. The van der Waals surface area contributed by atoms with Crippen molar-refractivity contribution in [3.63, 3.8) is 0 Å². The molecule has 23 heavy (non-hydrogen) atoms. The van der Waals surface area contributed by atoms with Crippen molar-refractivity contribution in [3.05, 3.63) is 30.3 Å². The quantitative estimate of drug-likeness (QED) is 0.818. The lowest BCUT2D eigenvalue weighted by atomic mass is 9.82. The van der Waals surface area contributed by atoms with Gasteiger partial charge in [-0.25, -0.2) is 0 Å². The van der Waals surface area contributed by atoms with Crippen LogP contribution in [0.25, 0.3) is 0 Å². The Labute approximate surface area is 138 Å². The molecular weight excluding hydrogens is 290 g/mol. The van der Waals surface area contributed by atoms with E-state index in [-0.39, 0.29) is 17.6 Å². The predicted molar refractivity (Wildman–Crippen MR) is 89.5 cm³/mol. The van der Waals surface area contributed by atoms with Crippen LogP contribution in [0.3, 0.4) is 0 Å². The standard InChI is InChI=1S/C19H27NO3/c21-18(10-7-13-22-17-8-3-1-4-9-17)20-16-14-19(23-15-16)11-5-2-6-12-19/h1,3-4,8-9,16H,2,5-7,10-15H2,(H,20,21)/t16-/m0/s1. The number of hydrogen-bond acceptors (Lipinski definition) is 3. The number of carbonyl (C=O) groups is 1. The van der Waals surface area contributed by atoms with Crippen LogP contribution >= 0.6 is 0 Å². The van der Waals surface area contributed by atoms with Crippen molar-refractivity contribution in [2.75, 3.05) is 13.2 Å². The molecule has 2 aliphatic rings. The van der Waals surface area contributed by atoms with Crippen molar-refractivity contribution >= 4 is 5.91 Å². The zero-order chi connectivity index (χ0) is 16.0. The van der Waals surface area contributed by atoms with E-state index in [1.54, 1.807) is 0 Å². The Morgan fingerprint density at radius 2 is 2.00 bits per heavy atom. The van der Waals surface area contributed by atoms with Gasteiger partial charge in [0, 0.05) is 6.42 Å². The third-order valence-corrected chi connectivity index (χ3v) is 4.90. The summed E-state index contributed by atoms with van der Waals surface area (Å²) < 4.78 is 11.7. The minimum atomic E-state index is 0.0621. The van der Waals surface area contributed by atoms with Gasteiger partial charge >= 0.3 is 0 Å².